The average Bonchev–Trinajstić information content (AvgIpc) is 3.40. The molecule has 0 aromatic heterocycles. The first kappa shape index (κ1) is 25.4. The summed E-state index contributed by atoms with van der Waals surface area (Å²) in [6.07, 6.45) is 5.24. The number of fused-ring (bicyclic) bond motifs is 1. The molecule has 4 rings (SSSR count). The Hall–Kier alpha value is -1.68. The van der Waals surface area contributed by atoms with E-state index in [4.69, 9.17) is 18.9 Å². The number of hydrogen-bond donors (Lipinski definition) is 0. The Bertz CT molecular complexity index is 917. The second kappa shape index (κ2) is 10.5. The molecule has 0 radical (unpaired) electrons. The molecule has 34 heavy (non-hydrogen) atoms. The van der Waals surface area contributed by atoms with E-state index in [0.717, 1.165) is 19.4 Å². The first-order chi connectivity index (χ1) is 16.2. The molecular weight excluding hydrogens is 426 g/mol. The van der Waals surface area contributed by atoms with E-state index in [1.54, 1.807) is 0 Å². The molecule has 186 valence electrons. The Morgan fingerprint density at radius 3 is 2.71 bits per heavy atom. The van der Waals surface area contributed by atoms with Gasteiger partial charge in [0.05, 0.1) is 12.7 Å². The summed E-state index contributed by atoms with van der Waals surface area (Å²) in [7, 11) is 0. The van der Waals surface area contributed by atoms with Gasteiger partial charge in [0.25, 0.3) is 0 Å². The highest BCUT2D eigenvalue weighted by Gasteiger charge is 2.51. The van der Waals surface area contributed by atoms with Gasteiger partial charge in [0.1, 0.15) is 24.5 Å². The largest absolute Gasteiger partial charge is 0.365 e. The van der Waals surface area contributed by atoms with E-state index in [9.17, 15) is 0 Å². The molecule has 1 aromatic rings. The molecule has 0 spiro atoms. The number of ether oxygens (including phenoxy) is 4. The van der Waals surface area contributed by atoms with Crippen LogP contribution in [-0.4, -0.2) is 53.9 Å². The molecule has 3 fully saturated rings. The smallest absolute Gasteiger partial charge is 0.164 e. The lowest BCUT2D eigenvalue weighted by Gasteiger charge is -2.47. The zero-order valence-corrected chi connectivity index (χ0v) is 21.7. The molecule has 5 nitrogen and oxygen atoms in total. The van der Waals surface area contributed by atoms with Gasteiger partial charge in [-0.1, -0.05) is 55.2 Å². The number of rotatable bonds is 6. The minimum atomic E-state index is -0.527. The monoisotopic (exact) mass is 467 g/mol. The van der Waals surface area contributed by atoms with Gasteiger partial charge in [-0.2, -0.15) is 0 Å². The molecule has 3 saturated heterocycles. The van der Waals surface area contributed by atoms with Crippen molar-refractivity contribution in [2.45, 2.75) is 103 Å². The number of hydrogen-bond acceptors (Lipinski definition) is 5. The summed E-state index contributed by atoms with van der Waals surface area (Å²) in [4.78, 5) is 2.41. The van der Waals surface area contributed by atoms with Gasteiger partial charge in [0.2, 0.25) is 0 Å². The predicted molar refractivity (Wildman–Crippen MR) is 134 cm³/mol. The van der Waals surface area contributed by atoms with Crippen LogP contribution in [-0.2, 0) is 25.6 Å². The molecule has 5 heteroatoms. The quantitative estimate of drug-likeness (QED) is 0.419. The second-order valence-corrected chi connectivity index (χ2v) is 10.7. The van der Waals surface area contributed by atoms with Gasteiger partial charge < -0.3 is 18.9 Å². The van der Waals surface area contributed by atoms with Crippen LogP contribution in [0.5, 0.6) is 0 Å². The number of allylic oxidation sites excluding steroid dienone is 1. The van der Waals surface area contributed by atoms with Crippen molar-refractivity contribution in [1.82, 2.24) is 4.90 Å². The maximum atomic E-state index is 6.60. The summed E-state index contributed by atoms with van der Waals surface area (Å²) in [5.41, 5.74) is 1.92. The normalized spacial score (nSPS) is 34.4. The third-order valence-corrected chi connectivity index (χ3v) is 7.36. The molecule has 6 atom stereocenters. The minimum absolute atomic E-state index is 0.000125. The third-order valence-electron chi connectivity index (χ3n) is 7.36. The SMILES string of the molecule is C/C(=C\C[C@@H](C)C#C[C@H]1OCN2CCC[C@H]2[C@@]1(C)OCc1ccccc1)[C@H]1OC(C)(C)O[C@@H]1C. The minimum Gasteiger partial charge on any atom is -0.365 e. The molecular formula is C29H41NO4. The molecule has 0 bridgehead atoms. The molecule has 0 unspecified atom stereocenters. The zero-order valence-electron chi connectivity index (χ0n) is 21.7. The maximum Gasteiger partial charge on any atom is 0.164 e. The van der Waals surface area contributed by atoms with Crippen molar-refractivity contribution in [3.8, 4) is 11.8 Å². The Balaban J connectivity index is 1.42. The van der Waals surface area contributed by atoms with Crippen LogP contribution in [0.4, 0.5) is 0 Å². The van der Waals surface area contributed by atoms with Crippen molar-refractivity contribution < 1.29 is 18.9 Å². The summed E-state index contributed by atoms with van der Waals surface area (Å²) in [5, 5.41) is 0. The van der Waals surface area contributed by atoms with Crippen molar-refractivity contribution in [2.24, 2.45) is 5.92 Å². The standard InChI is InChI=1S/C29H41NO4/c1-21(14-16-22(2)27-23(3)33-28(4,5)34-27)15-17-26-29(6,25-13-10-18-30(25)20-31-26)32-19-24-11-8-7-9-12-24/h7-9,11-12,16,21,23,25-27H,10,13-14,18-20H2,1-6H3/b22-16+/t21-,23-,25+,26-,27-,29-/m1/s1. The van der Waals surface area contributed by atoms with Crippen LogP contribution in [0.15, 0.2) is 42.0 Å². The van der Waals surface area contributed by atoms with Gasteiger partial charge in [-0.3, -0.25) is 4.90 Å². The predicted octanol–water partition coefficient (Wildman–Crippen LogP) is 5.30. The molecule has 3 heterocycles. The van der Waals surface area contributed by atoms with E-state index in [-0.39, 0.29) is 24.2 Å². The van der Waals surface area contributed by atoms with Crippen molar-refractivity contribution in [3.05, 3.63) is 47.5 Å². The van der Waals surface area contributed by atoms with E-state index >= 15 is 0 Å². The fourth-order valence-corrected chi connectivity index (χ4v) is 5.47. The lowest BCUT2D eigenvalue weighted by molar-refractivity contribution is -0.213. The highest BCUT2D eigenvalue weighted by atomic mass is 16.7. The van der Waals surface area contributed by atoms with Gasteiger partial charge in [-0.05, 0) is 65.0 Å². The summed E-state index contributed by atoms with van der Waals surface area (Å²) >= 11 is 0. The van der Waals surface area contributed by atoms with Crippen LogP contribution in [0, 0.1) is 17.8 Å². The van der Waals surface area contributed by atoms with Crippen LogP contribution in [0.1, 0.15) is 66.4 Å². The van der Waals surface area contributed by atoms with Crippen LogP contribution in [0.3, 0.4) is 0 Å². The number of nitrogens with zero attached hydrogens (tertiary/aromatic N) is 1. The van der Waals surface area contributed by atoms with E-state index < -0.39 is 11.4 Å². The van der Waals surface area contributed by atoms with E-state index in [2.05, 4.69) is 74.8 Å². The molecule has 3 aliphatic rings. The van der Waals surface area contributed by atoms with Gasteiger partial charge in [0.15, 0.2) is 5.79 Å². The van der Waals surface area contributed by atoms with Crippen molar-refractivity contribution in [1.29, 1.82) is 0 Å². The molecule has 0 N–H and O–H groups in total. The van der Waals surface area contributed by atoms with Gasteiger partial charge in [-0.15, -0.1) is 0 Å². The molecule has 3 aliphatic heterocycles. The summed E-state index contributed by atoms with van der Waals surface area (Å²) in [6.45, 7) is 14.8. The summed E-state index contributed by atoms with van der Waals surface area (Å²) < 4.78 is 24.8. The fourth-order valence-electron chi connectivity index (χ4n) is 5.47. The fraction of sp³-hybridized carbons (Fsp3) is 0.655. The number of benzene rings is 1. The van der Waals surface area contributed by atoms with E-state index in [1.165, 1.54) is 17.6 Å². The van der Waals surface area contributed by atoms with Crippen LogP contribution in [0.2, 0.25) is 0 Å². The van der Waals surface area contributed by atoms with Crippen LogP contribution >= 0.6 is 0 Å². The molecule has 0 amide bonds. The third kappa shape index (κ3) is 5.75. The Labute approximate surface area is 205 Å². The van der Waals surface area contributed by atoms with Gasteiger partial charge >= 0.3 is 0 Å². The summed E-state index contributed by atoms with van der Waals surface area (Å²) in [5.74, 6) is 6.62. The lowest BCUT2D eigenvalue weighted by Crippen LogP contribution is -2.62. The van der Waals surface area contributed by atoms with Crippen LogP contribution in [0.25, 0.3) is 0 Å². The molecule has 1 aromatic carbocycles. The Morgan fingerprint density at radius 1 is 1.24 bits per heavy atom. The van der Waals surface area contributed by atoms with Crippen LogP contribution < -0.4 is 0 Å². The van der Waals surface area contributed by atoms with Gasteiger partial charge in [0, 0.05) is 18.5 Å². The average molecular weight is 468 g/mol. The van der Waals surface area contributed by atoms with Crippen molar-refractivity contribution >= 4 is 0 Å². The summed E-state index contributed by atoms with van der Waals surface area (Å²) in [6, 6.07) is 10.7. The molecule has 0 aliphatic carbocycles. The van der Waals surface area contributed by atoms with E-state index in [0.29, 0.717) is 19.4 Å². The Morgan fingerprint density at radius 2 is 2.00 bits per heavy atom. The first-order valence-corrected chi connectivity index (χ1v) is 12.7. The zero-order chi connectivity index (χ0) is 24.3. The Kier molecular flexibility index (Phi) is 7.86. The van der Waals surface area contributed by atoms with Crippen molar-refractivity contribution in [2.75, 3.05) is 13.3 Å². The highest BCUT2D eigenvalue weighted by Crippen LogP contribution is 2.38. The molecule has 0 saturated carbocycles. The van der Waals surface area contributed by atoms with Gasteiger partial charge in [-0.25, -0.2) is 0 Å². The van der Waals surface area contributed by atoms with E-state index in [1.807, 2.05) is 19.9 Å². The first-order valence-electron chi connectivity index (χ1n) is 12.7. The highest BCUT2D eigenvalue weighted by molar-refractivity contribution is 5.20. The second-order valence-electron chi connectivity index (χ2n) is 10.7. The lowest BCUT2D eigenvalue weighted by atomic mass is 9.86. The van der Waals surface area contributed by atoms with Crippen molar-refractivity contribution in [3.63, 3.8) is 0 Å². The topological polar surface area (TPSA) is 40.2 Å². The maximum absolute atomic E-state index is 6.60.